The topological polar surface area (TPSA) is 93.1 Å². The van der Waals surface area contributed by atoms with Crippen molar-refractivity contribution < 1.29 is 0 Å². The molecule has 0 unspecified atom stereocenters. The molecule has 2 aromatic heterocycles. The lowest BCUT2D eigenvalue weighted by Gasteiger charge is -2.36. The highest BCUT2D eigenvalue weighted by Gasteiger charge is 2.35. The molecule has 1 saturated carbocycles. The molecule has 0 bridgehead atoms. The van der Waals surface area contributed by atoms with Crippen LogP contribution in [0.4, 0.5) is 5.69 Å². The summed E-state index contributed by atoms with van der Waals surface area (Å²) in [4.78, 5) is 11.9. The van der Waals surface area contributed by atoms with E-state index in [0.29, 0.717) is 0 Å². The van der Waals surface area contributed by atoms with Gasteiger partial charge in [0.05, 0.1) is 22.4 Å². The number of anilines is 1. The van der Waals surface area contributed by atoms with Gasteiger partial charge in [0.1, 0.15) is 0 Å². The highest BCUT2D eigenvalue weighted by atomic mass is 15.1. The van der Waals surface area contributed by atoms with Crippen molar-refractivity contribution in [2.24, 2.45) is 11.5 Å². The van der Waals surface area contributed by atoms with Crippen LogP contribution in [0, 0.1) is 0 Å². The Morgan fingerprint density at radius 1 is 1.13 bits per heavy atom. The maximum atomic E-state index is 6.91. The standard InChI is InChI=1S/C25H34N6/c1-31(2)16-4-15-28-20-8-6-18(7-9-20)22-17-23-21(5-3-14-29-23)24(30-22)25(27)12-10-19(26)11-13-25/h3,5-9,14,17,19,28H,4,10-13,15-16,26-27H2,1-2H3. The summed E-state index contributed by atoms with van der Waals surface area (Å²) in [5, 5.41) is 4.54. The first-order valence-electron chi connectivity index (χ1n) is 11.2. The summed E-state index contributed by atoms with van der Waals surface area (Å²) < 4.78 is 0. The second kappa shape index (κ2) is 9.30. The van der Waals surface area contributed by atoms with Crippen LogP contribution in [0.2, 0.25) is 0 Å². The lowest BCUT2D eigenvalue weighted by atomic mass is 9.77. The number of nitrogens with zero attached hydrogens (tertiary/aromatic N) is 3. The fraction of sp³-hybridized carbons (Fsp3) is 0.440. The number of nitrogens with two attached hydrogens (primary N) is 2. The van der Waals surface area contributed by atoms with Crippen LogP contribution in [-0.2, 0) is 5.54 Å². The predicted molar refractivity (Wildman–Crippen MR) is 129 cm³/mol. The first kappa shape index (κ1) is 21.7. The van der Waals surface area contributed by atoms with Gasteiger partial charge in [0.15, 0.2) is 0 Å². The van der Waals surface area contributed by atoms with Gasteiger partial charge in [-0.15, -0.1) is 0 Å². The Balaban J connectivity index is 1.61. The Morgan fingerprint density at radius 3 is 2.58 bits per heavy atom. The highest BCUT2D eigenvalue weighted by Crippen LogP contribution is 2.38. The molecule has 3 aromatic rings. The first-order valence-corrected chi connectivity index (χ1v) is 11.2. The van der Waals surface area contributed by atoms with Crippen molar-refractivity contribution in [2.75, 3.05) is 32.5 Å². The number of aromatic nitrogens is 2. The zero-order valence-corrected chi connectivity index (χ0v) is 18.6. The molecule has 2 heterocycles. The van der Waals surface area contributed by atoms with Gasteiger partial charge in [0.25, 0.3) is 0 Å². The van der Waals surface area contributed by atoms with Crippen LogP contribution in [0.5, 0.6) is 0 Å². The Bertz CT molecular complexity index is 1010. The number of fused-ring (bicyclic) bond motifs is 1. The van der Waals surface area contributed by atoms with Crippen molar-refractivity contribution >= 4 is 16.6 Å². The van der Waals surface area contributed by atoms with Gasteiger partial charge in [0.2, 0.25) is 0 Å². The van der Waals surface area contributed by atoms with Crippen molar-refractivity contribution in [1.82, 2.24) is 14.9 Å². The zero-order chi connectivity index (χ0) is 21.8. The summed E-state index contributed by atoms with van der Waals surface area (Å²) in [7, 11) is 4.20. The molecule has 6 heteroatoms. The third-order valence-electron chi connectivity index (χ3n) is 6.29. The Kier molecular flexibility index (Phi) is 6.51. The van der Waals surface area contributed by atoms with Gasteiger partial charge >= 0.3 is 0 Å². The molecular weight excluding hydrogens is 384 g/mol. The Labute approximate surface area is 185 Å². The number of benzene rings is 1. The third kappa shape index (κ3) is 5.03. The van der Waals surface area contributed by atoms with E-state index in [4.69, 9.17) is 16.5 Å². The van der Waals surface area contributed by atoms with Crippen LogP contribution in [0.1, 0.15) is 37.8 Å². The number of hydrogen-bond acceptors (Lipinski definition) is 6. The minimum absolute atomic E-state index is 0.238. The summed E-state index contributed by atoms with van der Waals surface area (Å²) >= 11 is 0. The van der Waals surface area contributed by atoms with E-state index in [1.54, 1.807) is 0 Å². The average molecular weight is 419 g/mol. The SMILES string of the molecule is CN(C)CCCNc1ccc(-c2cc3ncccc3c(C3(N)CCC(N)CC3)n2)cc1. The quantitative estimate of drug-likeness (QED) is 0.507. The largest absolute Gasteiger partial charge is 0.385 e. The van der Waals surface area contributed by atoms with Gasteiger partial charge in [-0.05, 0) is 83.1 Å². The van der Waals surface area contributed by atoms with Gasteiger partial charge < -0.3 is 21.7 Å². The van der Waals surface area contributed by atoms with Crippen molar-refractivity contribution in [3.63, 3.8) is 0 Å². The Hall–Kier alpha value is -2.54. The number of hydrogen-bond donors (Lipinski definition) is 3. The summed E-state index contributed by atoms with van der Waals surface area (Å²) in [6, 6.07) is 14.8. The zero-order valence-electron chi connectivity index (χ0n) is 18.6. The van der Waals surface area contributed by atoms with E-state index in [9.17, 15) is 0 Å². The van der Waals surface area contributed by atoms with Crippen molar-refractivity contribution in [3.05, 3.63) is 54.4 Å². The molecule has 5 N–H and O–H groups in total. The Morgan fingerprint density at radius 2 is 1.87 bits per heavy atom. The molecule has 0 aliphatic heterocycles. The van der Waals surface area contributed by atoms with Gasteiger partial charge in [-0.25, -0.2) is 0 Å². The first-order chi connectivity index (χ1) is 14.9. The van der Waals surface area contributed by atoms with Gasteiger partial charge in [0, 0.05) is 35.4 Å². The summed E-state index contributed by atoms with van der Waals surface area (Å²) in [6.45, 7) is 2.03. The van der Waals surface area contributed by atoms with Crippen molar-refractivity contribution in [1.29, 1.82) is 0 Å². The second-order valence-electron chi connectivity index (χ2n) is 9.08. The molecule has 0 amide bonds. The fourth-order valence-electron chi connectivity index (χ4n) is 4.38. The van der Waals surface area contributed by atoms with E-state index in [1.165, 1.54) is 0 Å². The monoisotopic (exact) mass is 418 g/mol. The number of rotatable bonds is 7. The van der Waals surface area contributed by atoms with Crippen LogP contribution in [0.25, 0.3) is 22.2 Å². The summed E-state index contributed by atoms with van der Waals surface area (Å²) in [5.41, 5.74) is 17.6. The molecule has 0 spiro atoms. The minimum Gasteiger partial charge on any atom is -0.385 e. The molecule has 4 rings (SSSR count). The van der Waals surface area contributed by atoms with E-state index in [1.807, 2.05) is 12.3 Å². The molecule has 1 fully saturated rings. The maximum absolute atomic E-state index is 6.91. The summed E-state index contributed by atoms with van der Waals surface area (Å²) in [5.74, 6) is 0. The summed E-state index contributed by atoms with van der Waals surface area (Å²) in [6.07, 6.45) is 6.50. The normalized spacial score (nSPS) is 21.5. The molecule has 1 aromatic carbocycles. The lowest BCUT2D eigenvalue weighted by Crippen LogP contribution is -2.44. The molecule has 0 atom stereocenters. The van der Waals surface area contributed by atoms with E-state index in [0.717, 1.165) is 78.7 Å². The molecule has 0 saturated heterocycles. The molecule has 6 nitrogen and oxygen atoms in total. The van der Waals surface area contributed by atoms with E-state index in [2.05, 4.69) is 65.7 Å². The van der Waals surface area contributed by atoms with Gasteiger partial charge in [-0.2, -0.15) is 0 Å². The molecular formula is C25H34N6. The third-order valence-corrected chi connectivity index (χ3v) is 6.29. The van der Waals surface area contributed by atoms with Crippen LogP contribution >= 0.6 is 0 Å². The molecule has 1 aliphatic rings. The highest BCUT2D eigenvalue weighted by molar-refractivity contribution is 5.85. The molecule has 164 valence electrons. The van der Waals surface area contributed by atoms with Crippen LogP contribution < -0.4 is 16.8 Å². The van der Waals surface area contributed by atoms with Crippen LogP contribution in [-0.4, -0.2) is 48.1 Å². The minimum atomic E-state index is -0.457. The van der Waals surface area contributed by atoms with Crippen molar-refractivity contribution in [2.45, 2.75) is 43.7 Å². The van der Waals surface area contributed by atoms with Crippen LogP contribution in [0.15, 0.2) is 48.7 Å². The smallest absolute Gasteiger partial charge is 0.0742 e. The maximum Gasteiger partial charge on any atom is 0.0742 e. The second-order valence-corrected chi connectivity index (χ2v) is 9.08. The van der Waals surface area contributed by atoms with Crippen LogP contribution in [0.3, 0.4) is 0 Å². The van der Waals surface area contributed by atoms with E-state index >= 15 is 0 Å². The van der Waals surface area contributed by atoms with E-state index in [-0.39, 0.29) is 6.04 Å². The van der Waals surface area contributed by atoms with E-state index < -0.39 is 5.54 Å². The van der Waals surface area contributed by atoms with Crippen molar-refractivity contribution in [3.8, 4) is 11.3 Å². The fourth-order valence-corrected chi connectivity index (χ4v) is 4.38. The average Bonchev–Trinajstić information content (AvgIpc) is 2.78. The molecule has 1 aliphatic carbocycles. The lowest BCUT2D eigenvalue weighted by molar-refractivity contribution is 0.274. The van der Waals surface area contributed by atoms with Gasteiger partial charge in [-0.3, -0.25) is 9.97 Å². The molecule has 0 radical (unpaired) electrons. The predicted octanol–water partition coefficient (Wildman–Crippen LogP) is 3.72. The molecule has 31 heavy (non-hydrogen) atoms. The van der Waals surface area contributed by atoms with Gasteiger partial charge in [-0.1, -0.05) is 12.1 Å². The number of nitrogens with one attached hydrogen (secondary N) is 1. The number of pyridine rings is 2.